The van der Waals surface area contributed by atoms with Crippen molar-refractivity contribution in [3.05, 3.63) is 35.6 Å². The molecule has 0 saturated heterocycles. The minimum absolute atomic E-state index is 0.0487. The fraction of sp³-hybridized carbons (Fsp3) is 0.333. The molecule has 1 aromatic carbocycles. The average Bonchev–Trinajstić information content (AvgIpc) is 2.35. The van der Waals surface area contributed by atoms with Gasteiger partial charge in [0.1, 0.15) is 12.4 Å². The van der Waals surface area contributed by atoms with Gasteiger partial charge >= 0.3 is 0 Å². The predicted molar refractivity (Wildman–Crippen MR) is 59.7 cm³/mol. The second-order valence-corrected chi connectivity index (χ2v) is 3.65. The molecule has 1 amide bonds. The summed E-state index contributed by atoms with van der Waals surface area (Å²) < 4.78 is 18.0. The molecule has 92 valence electrons. The van der Waals surface area contributed by atoms with Crippen LogP contribution in [0.25, 0.3) is 0 Å². The molecule has 0 saturated carbocycles. The summed E-state index contributed by atoms with van der Waals surface area (Å²) in [6.45, 7) is 0.361. The van der Waals surface area contributed by atoms with Gasteiger partial charge in [0, 0.05) is 7.05 Å². The monoisotopic (exact) mass is 239 g/mol. The summed E-state index contributed by atoms with van der Waals surface area (Å²) in [5, 5.41) is 0. The number of hydrogen-bond donors (Lipinski definition) is 0. The molecule has 1 aromatic rings. The fourth-order valence-corrected chi connectivity index (χ4v) is 1.47. The number of hydrogen-bond acceptors (Lipinski definition) is 3. The van der Waals surface area contributed by atoms with E-state index in [-0.39, 0.29) is 18.5 Å². The Morgan fingerprint density at radius 3 is 2.71 bits per heavy atom. The molecule has 0 radical (unpaired) electrons. The van der Waals surface area contributed by atoms with E-state index < -0.39 is 0 Å². The number of ether oxygens (including phenoxy) is 1. The van der Waals surface area contributed by atoms with Gasteiger partial charge in [-0.05, 0) is 18.1 Å². The molecule has 0 fully saturated rings. The average molecular weight is 239 g/mol. The van der Waals surface area contributed by atoms with Gasteiger partial charge in [-0.15, -0.1) is 0 Å². The Bertz CT molecular complexity index is 384. The van der Waals surface area contributed by atoms with Crippen LogP contribution in [0.5, 0.6) is 0 Å². The van der Waals surface area contributed by atoms with E-state index in [1.165, 1.54) is 11.0 Å². The molecular formula is C12H14FNO3. The van der Waals surface area contributed by atoms with Crippen LogP contribution < -0.4 is 0 Å². The number of carbonyl (C=O) groups excluding carboxylic acids is 2. The standard InChI is InChI=1S/C12H14FNO3/c1-14(8-15)11(7-17-9-16)6-10-4-2-3-5-12(10)13/h2-5,8-9,11H,6-7H2,1H3/t11-/m1/s1. The highest BCUT2D eigenvalue weighted by molar-refractivity contribution is 5.47. The summed E-state index contributed by atoms with van der Waals surface area (Å²) in [5.74, 6) is -0.331. The first-order chi connectivity index (χ1) is 8.19. The molecule has 0 aliphatic heterocycles. The largest absolute Gasteiger partial charge is 0.466 e. The second-order valence-electron chi connectivity index (χ2n) is 3.65. The lowest BCUT2D eigenvalue weighted by Gasteiger charge is -2.23. The van der Waals surface area contributed by atoms with Gasteiger partial charge in [-0.25, -0.2) is 4.39 Å². The summed E-state index contributed by atoms with van der Waals surface area (Å²) >= 11 is 0. The number of benzene rings is 1. The molecule has 0 bridgehead atoms. The van der Waals surface area contributed by atoms with Crippen molar-refractivity contribution in [2.24, 2.45) is 0 Å². The van der Waals surface area contributed by atoms with E-state index in [9.17, 15) is 14.0 Å². The predicted octanol–water partition coefficient (Wildman–Crippen LogP) is 0.998. The van der Waals surface area contributed by atoms with Crippen molar-refractivity contribution in [2.45, 2.75) is 12.5 Å². The van der Waals surface area contributed by atoms with Gasteiger partial charge in [0.25, 0.3) is 6.47 Å². The zero-order chi connectivity index (χ0) is 12.7. The third kappa shape index (κ3) is 3.86. The van der Waals surface area contributed by atoms with Crippen LogP contribution in [0.4, 0.5) is 4.39 Å². The van der Waals surface area contributed by atoms with E-state index in [0.29, 0.717) is 24.9 Å². The Balaban J connectivity index is 2.74. The van der Waals surface area contributed by atoms with Crippen LogP contribution in [-0.2, 0) is 20.7 Å². The van der Waals surface area contributed by atoms with E-state index in [4.69, 9.17) is 0 Å². The quantitative estimate of drug-likeness (QED) is 0.667. The Hall–Kier alpha value is -1.91. The minimum atomic E-state index is -0.366. The first-order valence-corrected chi connectivity index (χ1v) is 5.15. The SMILES string of the molecule is CN(C=O)[C@@H](COC=O)Cc1ccccc1F. The normalized spacial score (nSPS) is 11.6. The molecule has 0 N–H and O–H groups in total. The minimum Gasteiger partial charge on any atom is -0.466 e. The summed E-state index contributed by atoms with van der Waals surface area (Å²) in [4.78, 5) is 22.2. The molecule has 17 heavy (non-hydrogen) atoms. The first kappa shape index (κ1) is 13.2. The molecule has 0 aromatic heterocycles. The molecule has 5 heteroatoms. The molecule has 1 atom stereocenters. The Morgan fingerprint density at radius 1 is 1.41 bits per heavy atom. The Kier molecular flexibility index (Phi) is 5.13. The lowest BCUT2D eigenvalue weighted by Crippen LogP contribution is -2.36. The molecule has 0 spiro atoms. The van der Waals surface area contributed by atoms with Crippen molar-refractivity contribution >= 4 is 12.9 Å². The molecule has 0 heterocycles. The van der Waals surface area contributed by atoms with E-state index in [0.717, 1.165) is 0 Å². The topological polar surface area (TPSA) is 46.6 Å². The van der Waals surface area contributed by atoms with Gasteiger partial charge in [-0.3, -0.25) is 9.59 Å². The Morgan fingerprint density at radius 2 is 2.12 bits per heavy atom. The highest BCUT2D eigenvalue weighted by atomic mass is 19.1. The van der Waals surface area contributed by atoms with Gasteiger partial charge in [-0.1, -0.05) is 18.2 Å². The van der Waals surface area contributed by atoms with Crippen LogP contribution in [0.2, 0.25) is 0 Å². The molecule has 0 aliphatic rings. The zero-order valence-corrected chi connectivity index (χ0v) is 9.51. The van der Waals surface area contributed by atoms with Crippen LogP contribution >= 0.6 is 0 Å². The smallest absolute Gasteiger partial charge is 0.293 e. The zero-order valence-electron chi connectivity index (χ0n) is 9.51. The molecule has 0 aliphatic carbocycles. The molecule has 1 rings (SSSR count). The summed E-state index contributed by atoms with van der Waals surface area (Å²) in [7, 11) is 1.56. The highest BCUT2D eigenvalue weighted by Crippen LogP contribution is 2.11. The molecule has 4 nitrogen and oxygen atoms in total. The maximum atomic E-state index is 13.4. The summed E-state index contributed by atoms with van der Waals surface area (Å²) in [6, 6.07) is 5.95. The lowest BCUT2D eigenvalue weighted by molar-refractivity contribution is -0.132. The van der Waals surface area contributed by atoms with Crippen LogP contribution in [0.1, 0.15) is 5.56 Å². The van der Waals surface area contributed by atoms with Gasteiger partial charge in [0.05, 0.1) is 6.04 Å². The van der Waals surface area contributed by atoms with Gasteiger partial charge in [0.2, 0.25) is 6.41 Å². The maximum absolute atomic E-state index is 13.4. The van der Waals surface area contributed by atoms with Gasteiger partial charge in [0.15, 0.2) is 0 Å². The number of rotatable bonds is 7. The van der Waals surface area contributed by atoms with Crippen molar-refractivity contribution in [3.63, 3.8) is 0 Å². The number of nitrogens with zero attached hydrogens (tertiary/aromatic N) is 1. The first-order valence-electron chi connectivity index (χ1n) is 5.15. The van der Waals surface area contributed by atoms with Crippen molar-refractivity contribution < 1.29 is 18.7 Å². The van der Waals surface area contributed by atoms with Crippen LogP contribution in [0, 0.1) is 5.82 Å². The Labute approximate surface area is 99.0 Å². The number of halogens is 1. The van der Waals surface area contributed by atoms with Crippen molar-refractivity contribution in [1.29, 1.82) is 0 Å². The van der Waals surface area contributed by atoms with E-state index in [1.807, 2.05) is 0 Å². The molecule has 0 unspecified atom stereocenters. The fourth-order valence-electron chi connectivity index (χ4n) is 1.47. The molecular weight excluding hydrogens is 225 g/mol. The van der Waals surface area contributed by atoms with Gasteiger partial charge in [-0.2, -0.15) is 0 Å². The van der Waals surface area contributed by atoms with E-state index >= 15 is 0 Å². The van der Waals surface area contributed by atoms with E-state index in [1.54, 1.807) is 25.2 Å². The highest BCUT2D eigenvalue weighted by Gasteiger charge is 2.16. The third-order valence-corrected chi connectivity index (χ3v) is 2.51. The van der Waals surface area contributed by atoms with Crippen molar-refractivity contribution in [1.82, 2.24) is 4.90 Å². The second kappa shape index (κ2) is 6.62. The van der Waals surface area contributed by atoms with E-state index in [2.05, 4.69) is 4.74 Å². The lowest BCUT2D eigenvalue weighted by atomic mass is 10.1. The third-order valence-electron chi connectivity index (χ3n) is 2.51. The number of carbonyl (C=O) groups is 2. The van der Waals surface area contributed by atoms with Crippen molar-refractivity contribution in [2.75, 3.05) is 13.7 Å². The van der Waals surface area contributed by atoms with Crippen LogP contribution in [-0.4, -0.2) is 37.5 Å². The van der Waals surface area contributed by atoms with Crippen molar-refractivity contribution in [3.8, 4) is 0 Å². The maximum Gasteiger partial charge on any atom is 0.293 e. The number of likely N-dealkylation sites (N-methyl/N-ethyl adjacent to an activating group) is 1. The summed E-state index contributed by atoms with van der Waals surface area (Å²) in [5.41, 5.74) is 0.487. The summed E-state index contributed by atoms with van der Waals surface area (Å²) in [6.07, 6.45) is 0.926. The van der Waals surface area contributed by atoms with Crippen LogP contribution in [0.15, 0.2) is 24.3 Å². The van der Waals surface area contributed by atoms with Crippen LogP contribution in [0.3, 0.4) is 0 Å². The van der Waals surface area contributed by atoms with Gasteiger partial charge < -0.3 is 9.64 Å². The number of amides is 1.